The fraction of sp³-hybridized carbons (Fsp3) is 1.00. The molecular weight excluding hydrogens is 211 g/mol. The summed E-state index contributed by atoms with van der Waals surface area (Å²) in [5, 5.41) is 0. The molecule has 3 heterocycles. The molecule has 0 aromatic carbocycles. The van der Waals surface area contributed by atoms with Gasteiger partial charge in [0.1, 0.15) is 13.2 Å². The fourth-order valence-electron chi connectivity index (χ4n) is 3.73. The van der Waals surface area contributed by atoms with Gasteiger partial charge in [-0.05, 0) is 12.8 Å². The second-order valence-electron chi connectivity index (χ2n) is 4.90. The van der Waals surface area contributed by atoms with Crippen molar-refractivity contribution in [2.24, 2.45) is 0 Å². The summed E-state index contributed by atoms with van der Waals surface area (Å²) in [4.78, 5) is 0. The highest BCUT2D eigenvalue weighted by molar-refractivity contribution is 7.62. The van der Waals surface area contributed by atoms with E-state index in [0.717, 1.165) is 38.4 Å². The smallest absolute Gasteiger partial charge is 0.171 e. The predicted molar refractivity (Wildman–Crippen MR) is 58.3 cm³/mol. The highest BCUT2D eigenvalue weighted by Crippen LogP contribution is 2.78. The molecule has 1 spiro atoms. The highest BCUT2D eigenvalue weighted by Gasteiger charge is 2.74. The van der Waals surface area contributed by atoms with E-state index < -0.39 is 8.02 Å². The van der Waals surface area contributed by atoms with Crippen LogP contribution < -0.4 is 0 Å². The van der Waals surface area contributed by atoms with Crippen LogP contribution in [0.3, 0.4) is 0 Å². The van der Waals surface area contributed by atoms with Crippen molar-refractivity contribution in [3.8, 4) is 0 Å². The average molecular weight is 229 g/mol. The Balaban J connectivity index is 1.75. The van der Waals surface area contributed by atoms with Gasteiger partial charge in [0.05, 0.1) is 25.2 Å². The van der Waals surface area contributed by atoms with E-state index in [1.807, 2.05) is 0 Å². The molecule has 0 amide bonds. The normalized spacial score (nSPS) is 44.0. The molecule has 0 bridgehead atoms. The Bertz CT molecular complexity index is 261. The molecule has 4 rings (SSSR count). The molecule has 4 nitrogen and oxygen atoms in total. The lowest BCUT2D eigenvalue weighted by molar-refractivity contribution is 0.191. The third-order valence-electron chi connectivity index (χ3n) is 4.27. The summed E-state index contributed by atoms with van der Waals surface area (Å²) in [7, 11) is -1.71. The van der Waals surface area contributed by atoms with Crippen molar-refractivity contribution in [1.82, 2.24) is 9.34 Å². The van der Waals surface area contributed by atoms with Gasteiger partial charge in [-0.15, -0.1) is 9.34 Å². The SMILES string of the molecule is C1CC[C@H]2[C@H](C1)N1CCO[P+]13OCCN23. The molecule has 4 aliphatic rings. The van der Waals surface area contributed by atoms with E-state index in [9.17, 15) is 0 Å². The summed E-state index contributed by atoms with van der Waals surface area (Å²) < 4.78 is 17.2. The molecule has 0 unspecified atom stereocenters. The molecule has 1 saturated carbocycles. The topological polar surface area (TPSA) is 24.9 Å². The van der Waals surface area contributed by atoms with E-state index in [2.05, 4.69) is 9.34 Å². The summed E-state index contributed by atoms with van der Waals surface area (Å²) >= 11 is 0. The van der Waals surface area contributed by atoms with Crippen LogP contribution in [0.1, 0.15) is 25.7 Å². The Hall–Kier alpha value is 0.270. The molecule has 84 valence electrons. The molecule has 0 aromatic rings. The van der Waals surface area contributed by atoms with E-state index in [-0.39, 0.29) is 0 Å². The van der Waals surface area contributed by atoms with Crippen molar-refractivity contribution < 1.29 is 9.05 Å². The van der Waals surface area contributed by atoms with Gasteiger partial charge in [-0.3, -0.25) is 0 Å². The number of fused-ring (bicyclic) bond motifs is 3. The molecule has 1 aliphatic carbocycles. The Kier molecular flexibility index (Phi) is 1.95. The number of hydrogen-bond acceptors (Lipinski definition) is 4. The van der Waals surface area contributed by atoms with Crippen LogP contribution in [-0.2, 0) is 9.05 Å². The lowest BCUT2D eigenvalue weighted by Gasteiger charge is -2.26. The largest absolute Gasteiger partial charge is 0.437 e. The van der Waals surface area contributed by atoms with Gasteiger partial charge in [0.15, 0.2) is 0 Å². The van der Waals surface area contributed by atoms with Crippen molar-refractivity contribution in [1.29, 1.82) is 0 Å². The first-order chi connectivity index (χ1) is 7.42. The minimum absolute atomic E-state index is 0.745. The van der Waals surface area contributed by atoms with Gasteiger partial charge >= 0.3 is 8.02 Å². The summed E-state index contributed by atoms with van der Waals surface area (Å²) in [5.41, 5.74) is 0. The first-order valence-corrected chi connectivity index (χ1v) is 7.67. The quantitative estimate of drug-likeness (QED) is 0.590. The summed E-state index contributed by atoms with van der Waals surface area (Å²) in [6.07, 6.45) is 5.50. The standard InChI is InChI=1S/C10H18N2O2P/c1-2-4-10-9(3-1)11-5-7-13-15(11)12(10)6-8-14-15/h9-10H,1-8H2/q+1/t9-,10-,15?/m0/s1. The van der Waals surface area contributed by atoms with Crippen LogP contribution >= 0.6 is 8.02 Å². The van der Waals surface area contributed by atoms with Crippen LogP contribution in [0.25, 0.3) is 0 Å². The first-order valence-electron chi connectivity index (χ1n) is 6.14. The lowest BCUT2D eigenvalue weighted by Crippen LogP contribution is -2.41. The number of rotatable bonds is 0. The van der Waals surface area contributed by atoms with E-state index in [1.54, 1.807) is 0 Å². The van der Waals surface area contributed by atoms with Crippen molar-refractivity contribution >= 4 is 8.02 Å². The van der Waals surface area contributed by atoms with E-state index >= 15 is 0 Å². The predicted octanol–water partition coefficient (Wildman–Crippen LogP) is 1.65. The molecule has 3 saturated heterocycles. The minimum Gasteiger partial charge on any atom is -0.171 e. The monoisotopic (exact) mass is 229 g/mol. The Morgan fingerprint density at radius 3 is 1.93 bits per heavy atom. The molecular formula is C10H18N2O2P+. The van der Waals surface area contributed by atoms with Gasteiger partial charge in [0, 0.05) is 0 Å². The fourth-order valence-corrected chi connectivity index (χ4v) is 7.29. The maximum Gasteiger partial charge on any atom is 0.437 e. The van der Waals surface area contributed by atoms with Gasteiger partial charge in [0.2, 0.25) is 0 Å². The van der Waals surface area contributed by atoms with Crippen molar-refractivity contribution in [3.05, 3.63) is 0 Å². The summed E-state index contributed by atoms with van der Waals surface area (Å²) in [6, 6.07) is 1.49. The molecule has 5 heteroatoms. The summed E-state index contributed by atoms with van der Waals surface area (Å²) in [6.45, 7) is 3.97. The minimum atomic E-state index is -1.71. The maximum atomic E-state index is 6.02. The Morgan fingerprint density at radius 1 is 0.867 bits per heavy atom. The molecule has 0 radical (unpaired) electrons. The van der Waals surface area contributed by atoms with Crippen LogP contribution in [0.15, 0.2) is 0 Å². The van der Waals surface area contributed by atoms with Crippen LogP contribution in [-0.4, -0.2) is 47.7 Å². The Labute approximate surface area is 91.1 Å². The first kappa shape index (κ1) is 9.32. The van der Waals surface area contributed by atoms with Gasteiger partial charge in [0.25, 0.3) is 0 Å². The second-order valence-corrected chi connectivity index (χ2v) is 7.43. The van der Waals surface area contributed by atoms with Gasteiger partial charge < -0.3 is 0 Å². The van der Waals surface area contributed by atoms with Gasteiger partial charge in [-0.1, -0.05) is 12.8 Å². The zero-order valence-electron chi connectivity index (χ0n) is 8.97. The molecule has 15 heavy (non-hydrogen) atoms. The van der Waals surface area contributed by atoms with Gasteiger partial charge in [-0.25, -0.2) is 0 Å². The van der Waals surface area contributed by atoms with Crippen LogP contribution in [0, 0.1) is 0 Å². The average Bonchev–Trinajstić information content (AvgIpc) is 2.89. The molecule has 3 aliphatic heterocycles. The van der Waals surface area contributed by atoms with Crippen molar-refractivity contribution in [2.45, 2.75) is 37.8 Å². The molecule has 2 atom stereocenters. The number of nitrogens with zero attached hydrogens (tertiary/aromatic N) is 2. The van der Waals surface area contributed by atoms with Crippen LogP contribution in [0.4, 0.5) is 0 Å². The van der Waals surface area contributed by atoms with E-state index in [1.165, 1.54) is 25.7 Å². The van der Waals surface area contributed by atoms with Crippen LogP contribution in [0.2, 0.25) is 0 Å². The lowest BCUT2D eigenvalue weighted by atomic mass is 9.90. The highest BCUT2D eigenvalue weighted by atomic mass is 31.2. The molecule has 0 N–H and O–H groups in total. The van der Waals surface area contributed by atoms with Crippen molar-refractivity contribution in [2.75, 3.05) is 26.3 Å². The van der Waals surface area contributed by atoms with Crippen molar-refractivity contribution in [3.63, 3.8) is 0 Å². The number of hydrogen-bond donors (Lipinski definition) is 0. The van der Waals surface area contributed by atoms with Crippen LogP contribution in [0.5, 0.6) is 0 Å². The van der Waals surface area contributed by atoms with E-state index in [0.29, 0.717) is 0 Å². The summed E-state index contributed by atoms with van der Waals surface area (Å²) in [5.74, 6) is 0. The molecule has 0 aromatic heterocycles. The molecule has 4 fully saturated rings. The second kappa shape index (κ2) is 3.14. The zero-order chi connectivity index (χ0) is 9.88. The van der Waals surface area contributed by atoms with E-state index in [4.69, 9.17) is 9.05 Å². The third kappa shape index (κ3) is 1.05. The third-order valence-corrected chi connectivity index (χ3v) is 7.60. The Morgan fingerprint density at radius 2 is 1.40 bits per heavy atom. The maximum absolute atomic E-state index is 6.02. The van der Waals surface area contributed by atoms with Gasteiger partial charge in [-0.2, -0.15) is 9.05 Å². The zero-order valence-corrected chi connectivity index (χ0v) is 9.86.